The van der Waals surface area contributed by atoms with Crippen molar-refractivity contribution in [1.82, 2.24) is 9.80 Å². The molecule has 3 nitrogen and oxygen atoms in total. The molecule has 1 aliphatic heterocycles. The van der Waals surface area contributed by atoms with Gasteiger partial charge in [0.25, 0.3) is 0 Å². The Bertz CT molecular complexity index is 428. The second-order valence-electron chi connectivity index (χ2n) is 5.48. The fourth-order valence-electron chi connectivity index (χ4n) is 2.47. The van der Waals surface area contributed by atoms with Gasteiger partial charge in [0, 0.05) is 31.2 Å². The largest absolute Gasteiger partial charge is 0.508 e. The fourth-order valence-corrected chi connectivity index (χ4v) is 2.66. The standard InChI is InChI=1S/C15H23ClN2O/c1-12-10-15(19)13(11-14(12)16)4-3-5-18-8-6-17(2)7-9-18/h10-11,19H,3-9H2,1-2H3. The first kappa shape index (κ1) is 14.6. The number of rotatable bonds is 4. The highest BCUT2D eigenvalue weighted by molar-refractivity contribution is 6.31. The van der Waals surface area contributed by atoms with E-state index in [0.717, 1.165) is 61.7 Å². The number of likely N-dealkylation sites (N-methyl/N-ethyl adjacent to an activating group) is 1. The molecular weight excluding hydrogens is 260 g/mol. The molecule has 0 aliphatic carbocycles. The van der Waals surface area contributed by atoms with Crippen molar-refractivity contribution in [3.63, 3.8) is 0 Å². The summed E-state index contributed by atoms with van der Waals surface area (Å²) in [4.78, 5) is 4.86. The van der Waals surface area contributed by atoms with E-state index in [1.807, 2.05) is 13.0 Å². The van der Waals surface area contributed by atoms with Crippen LogP contribution < -0.4 is 0 Å². The van der Waals surface area contributed by atoms with Crippen LogP contribution in [-0.4, -0.2) is 54.7 Å². The maximum atomic E-state index is 9.91. The maximum absolute atomic E-state index is 9.91. The van der Waals surface area contributed by atoms with Crippen molar-refractivity contribution in [3.8, 4) is 5.75 Å². The number of phenols is 1. The van der Waals surface area contributed by atoms with Crippen LogP contribution in [0.5, 0.6) is 5.75 Å². The molecule has 0 atom stereocenters. The van der Waals surface area contributed by atoms with Crippen LogP contribution in [0.4, 0.5) is 0 Å². The minimum Gasteiger partial charge on any atom is -0.508 e. The molecule has 1 saturated heterocycles. The van der Waals surface area contributed by atoms with Gasteiger partial charge in [-0.3, -0.25) is 0 Å². The molecule has 0 bridgehead atoms. The Morgan fingerprint density at radius 2 is 1.89 bits per heavy atom. The van der Waals surface area contributed by atoms with Gasteiger partial charge in [-0.25, -0.2) is 0 Å². The lowest BCUT2D eigenvalue weighted by Gasteiger charge is -2.32. The highest BCUT2D eigenvalue weighted by Crippen LogP contribution is 2.26. The molecule has 0 aromatic heterocycles. The topological polar surface area (TPSA) is 26.7 Å². The summed E-state index contributed by atoms with van der Waals surface area (Å²) in [6.45, 7) is 7.62. The highest BCUT2D eigenvalue weighted by Gasteiger charge is 2.13. The molecule has 0 unspecified atom stereocenters. The predicted octanol–water partition coefficient (Wildman–Crippen LogP) is 2.53. The van der Waals surface area contributed by atoms with Gasteiger partial charge in [-0.1, -0.05) is 11.6 Å². The fraction of sp³-hybridized carbons (Fsp3) is 0.600. The van der Waals surface area contributed by atoms with Crippen LogP contribution in [0.15, 0.2) is 12.1 Å². The predicted molar refractivity (Wildman–Crippen MR) is 80.1 cm³/mol. The van der Waals surface area contributed by atoms with E-state index in [1.54, 1.807) is 6.07 Å². The number of aryl methyl sites for hydroxylation is 2. The lowest BCUT2D eigenvalue weighted by molar-refractivity contribution is 0.153. The molecule has 1 aromatic carbocycles. The van der Waals surface area contributed by atoms with E-state index in [2.05, 4.69) is 16.8 Å². The van der Waals surface area contributed by atoms with Gasteiger partial charge in [0.2, 0.25) is 0 Å². The van der Waals surface area contributed by atoms with E-state index in [9.17, 15) is 5.11 Å². The number of piperazine rings is 1. The molecule has 4 heteroatoms. The Kier molecular flexibility index (Phi) is 5.08. The molecule has 19 heavy (non-hydrogen) atoms. The van der Waals surface area contributed by atoms with Crippen molar-refractivity contribution in [1.29, 1.82) is 0 Å². The first-order valence-corrected chi connectivity index (χ1v) is 7.33. The van der Waals surface area contributed by atoms with Crippen molar-refractivity contribution in [2.75, 3.05) is 39.8 Å². The molecule has 1 heterocycles. The number of aromatic hydroxyl groups is 1. The lowest BCUT2D eigenvalue weighted by atomic mass is 10.1. The summed E-state index contributed by atoms with van der Waals surface area (Å²) in [6, 6.07) is 3.66. The van der Waals surface area contributed by atoms with Crippen molar-refractivity contribution >= 4 is 11.6 Å². The maximum Gasteiger partial charge on any atom is 0.119 e. The van der Waals surface area contributed by atoms with Crippen LogP contribution >= 0.6 is 11.6 Å². The van der Waals surface area contributed by atoms with Crippen LogP contribution in [-0.2, 0) is 6.42 Å². The Hall–Kier alpha value is -0.770. The average molecular weight is 283 g/mol. The minimum atomic E-state index is 0.375. The lowest BCUT2D eigenvalue weighted by Crippen LogP contribution is -2.44. The van der Waals surface area contributed by atoms with Gasteiger partial charge in [-0.15, -0.1) is 0 Å². The number of hydrogen-bond donors (Lipinski definition) is 1. The van der Waals surface area contributed by atoms with Crippen LogP contribution in [0, 0.1) is 6.92 Å². The number of phenolic OH excluding ortho intramolecular Hbond substituents is 1. The smallest absolute Gasteiger partial charge is 0.119 e. The van der Waals surface area contributed by atoms with Gasteiger partial charge in [-0.05, 0) is 56.6 Å². The third-order valence-corrected chi connectivity index (χ3v) is 4.28. The first-order valence-electron chi connectivity index (χ1n) is 6.95. The SMILES string of the molecule is Cc1cc(O)c(CCCN2CCN(C)CC2)cc1Cl. The zero-order valence-electron chi connectivity index (χ0n) is 11.8. The van der Waals surface area contributed by atoms with Gasteiger partial charge in [0.15, 0.2) is 0 Å². The molecule has 2 rings (SSSR count). The zero-order valence-corrected chi connectivity index (χ0v) is 12.6. The molecule has 1 aliphatic rings. The molecule has 106 valence electrons. The molecule has 0 saturated carbocycles. The summed E-state index contributed by atoms with van der Waals surface area (Å²) >= 11 is 6.10. The quantitative estimate of drug-likeness (QED) is 0.919. The Labute approximate surface area is 120 Å². The van der Waals surface area contributed by atoms with Crippen LogP contribution in [0.2, 0.25) is 5.02 Å². The second-order valence-corrected chi connectivity index (χ2v) is 5.89. The van der Waals surface area contributed by atoms with E-state index in [4.69, 9.17) is 11.6 Å². The molecule has 0 amide bonds. The molecular formula is C15H23ClN2O. The number of hydrogen-bond acceptors (Lipinski definition) is 3. The van der Waals surface area contributed by atoms with E-state index in [-0.39, 0.29) is 0 Å². The normalized spacial score (nSPS) is 17.8. The van der Waals surface area contributed by atoms with Gasteiger partial charge in [0.1, 0.15) is 5.75 Å². The monoisotopic (exact) mass is 282 g/mol. The minimum absolute atomic E-state index is 0.375. The third-order valence-electron chi connectivity index (χ3n) is 3.88. The zero-order chi connectivity index (χ0) is 13.8. The third kappa shape index (κ3) is 4.10. The highest BCUT2D eigenvalue weighted by atomic mass is 35.5. The average Bonchev–Trinajstić information content (AvgIpc) is 2.38. The van der Waals surface area contributed by atoms with E-state index < -0.39 is 0 Å². The van der Waals surface area contributed by atoms with Crippen LogP contribution in [0.3, 0.4) is 0 Å². The Morgan fingerprint density at radius 1 is 1.21 bits per heavy atom. The van der Waals surface area contributed by atoms with E-state index >= 15 is 0 Å². The Balaban J connectivity index is 1.81. The van der Waals surface area contributed by atoms with Crippen molar-refractivity contribution in [2.24, 2.45) is 0 Å². The van der Waals surface area contributed by atoms with Gasteiger partial charge in [-0.2, -0.15) is 0 Å². The Morgan fingerprint density at radius 3 is 2.58 bits per heavy atom. The molecule has 1 fully saturated rings. The molecule has 0 radical (unpaired) electrons. The summed E-state index contributed by atoms with van der Waals surface area (Å²) in [5, 5.41) is 10.7. The van der Waals surface area contributed by atoms with Crippen LogP contribution in [0.1, 0.15) is 17.5 Å². The van der Waals surface area contributed by atoms with Crippen molar-refractivity contribution in [2.45, 2.75) is 19.8 Å². The van der Waals surface area contributed by atoms with Crippen molar-refractivity contribution in [3.05, 3.63) is 28.3 Å². The molecule has 0 spiro atoms. The van der Waals surface area contributed by atoms with Crippen LogP contribution in [0.25, 0.3) is 0 Å². The van der Waals surface area contributed by atoms with Gasteiger partial charge < -0.3 is 14.9 Å². The summed E-state index contributed by atoms with van der Waals surface area (Å²) in [7, 11) is 2.17. The number of nitrogens with zero attached hydrogens (tertiary/aromatic N) is 2. The summed E-state index contributed by atoms with van der Waals surface area (Å²) in [5.41, 5.74) is 1.90. The van der Waals surface area contributed by atoms with E-state index in [1.165, 1.54) is 0 Å². The molecule has 1 N–H and O–H groups in total. The number of halogens is 1. The van der Waals surface area contributed by atoms with Gasteiger partial charge in [0.05, 0.1) is 0 Å². The summed E-state index contributed by atoms with van der Waals surface area (Å²) < 4.78 is 0. The van der Waals surface area contributed by atoms with Gasteiger partial charge >= 0.3 is 0 Å². The summed E-state index contributed by atoms with van der Waals surface area (Å²) in [5.74, 6) is 0.375. The molecule has 1 aromatic rings. The second kappa shape index (κ2) is 6.60. The first-order chi connectivity index (χ1) is 9.06. The van der Waals surface area contributed by atoms with E-state index in [0.29, 0.717) is 5.75 Å². The van der Waals surface area contributed by atoms with Crippen molar-refractivity contribution < 1.29 is 5.11 Å². The number of benzene rings is 1. The summed E-state index contributed by atoms with van der Waals surface area (Å²) in [6.07, 6.45) is 1.95.